The summed E-state index contributed by atoms with van der Waals surface area (Å²) in [7, 11) is 0. The number of nitro benzene ring substituents is 1. The largest absolute Gasteiger partial charge is 0.322 e. The number of hydrogen-bond donors (Lipinski definition) is 1. The molecule has 0 unspecified atom stereocenters. The van der Waals surface area contributed by atoms with Crippen LogP contribution in [0.25, 0.3) is 22.2 Å². The van der Waals surface area contributed by atoms with E-state index in [1.54, 1.807) is 30.5 Å². The maximum atomic E-state index is 11.3. The number of aromatic nitrogens is 2. The van der Waals surface area contributed by atoms with Gasteiger partial charge in [0.05, 0.1) is 16.1 Å². The van der Waals surface area contributed by atoms with Crippen molar-refractivity contribution in [3.63, 3.8) is 0 Å². The van der Waals surface area contributed by atoms with Gasteiger partial charge in [0, 0.05) is 35.3 Å². The summed E-state index contributed by atoms with van der Waals surface area (Å²) < 4.78 is 0. The number of benzene rings is 1. The predicted octanol–water partition coefficient (Wildman–Crippen LogP) is 2.50. The second-order valence-electron chi connectivity index (χ2n) is 4.25. The average molecular weight is 267 g/mol. The number of nitro groups is 1. The van der Waals surface area contributed by atoms with Crippen molar-refractivity contribution in [3.05, 3.63) is 69.1 Å². The van der Waals surface area contributed by atoms with Crippen molar-refractivity contribution in [3.8, 4) is 11.3 Å². The molecule has 20 heavy (non-hydrogen) atoms. The first kappa shape index (κ1) is 12.0. The van der Waals surface area contributed by atoms with Gasteiger partial charge in [-0.3, -0.25) is 19.9 Å². The molecule has 0 bridgehead atoms. The fraction of sp³-hybridized carbons (Fsp3) is 0. The van der Waals surface area contributed by atoms with E-state index in [0.29, 0.717) is 11.2 Å². The molecule has 6 heteroatoms. The fourth-order valence-corrected chi connectivity index (χ4v) is 2.06. The van der Waals surface area contributed by atoms with Crippen LogP contribution in [0.2, 0.25) is 0 Å². The Hall–Kier alpha value is -3.02. The third kappa shape index (κ3) is 2.03. The zero-order chi connectivity index (χ0) is 14.1. The Kier molecular flexibility index (Phi) is 2.76. The lowest BCUT2D eigenvalue weighted by Gasteiger charge is -2.05. The summed E-state index contributed by atoms with van der Waals surface area (Å²) in [5.74, 6) is 0. The van der Waals surface area contributed by atoms with E-state index in [1.165, 1.54) is 18.2 Å². The molecule has 2 aromatic heterocycles. The Bertz CT molecular complexity index is 853. The first-order valence-electron chi connectivity index (χ1n) is 5.88. The molecule has 1 N–H and O–H groups in total. The van der Waals surface area contributed by atoms with Gasteiger partial charge in [0.1, 0.15) is 0 Å². The van der Waals surface area contributed by atoms with Gasteiger partial charge in [0.15, 0.2) is 0 Å². The van der Waals surface area contributed by atoms with E-state index in [9.17, 15) is 14.9 Å². The van der Waals surface area contributed by atoms with Crippen molar-refractivity contribution in [2.75, 3.05) is 0 Å². The van der Waals surface area contributed by atoms with Crippen LogP contribution >= 0.6 is 0 Å². The molecule has 0 saturated carbocycles. The molecule has 2 heterocycles. The SMILES string of the molecule is O=c1ccc2c(-c3ccc([N+](=O)[O-])cc3)nccc2[nH]1. The van der Waals surface area contributed by atoms with Crippen molar-refractivity contribution >= 4 is 16.6 Å². The van der Waals surface area contributed by atoms with Crippen molar-refractivity contribution < 1.29 is 4.92 Å². The number of rotatable bonds is 2. The Balaban J connectivity index is 2.19. The zero-order valence-corrected chi connectivity index (χ0v) is 10.2. The number of H-pyrrole nitrogens is 1. The molecular formula is C14H9N3O3. The molecule has 3 rings (SSSR count). The molecule has 6 nitrogen and oxygen atoms in total. The van der Waals surface area contributed by atoms with Crippen LogP contribution in [0.1, 0.15) is 0 Å². The average Bonchev–Trinajstić information content (AvgIpc) is 2.46. The first-order chi connectivity index (χ1) is 9.65. The van der Waals surface area contributed by atoms with Crippen LogP contribution in [0.4, 0.5) is 5.69 Å². The standard InChI is InChI=1S/C14H9N3O3/c18-13-6-5-11-12(16-13)7-8-15-14(11)9-1-3-10(4-2-9)17(19)20/h1-8H,(H,16,18). The number of pyridine rings is 2. The highest BCUT2D eigenvalue weighted by Crippen LogP contribution is 2.26. The smallest absolute Gasteiger partial charge is 0.269 e. The van der Waals surface area contributed by atoms with E-state index in [1.807, 2.05) is 0 Å². The molecule has 0 saturated heterocycles. The lowest BCUT2D eigenvalue weighted by atomic mass is 10.1. The van der Waals surface area contributed by atoms with Crippen LogP contribution in [0.15, 0.2) is 53.5 Å². The Morgan fingerprint density at radius 2 is 1.80 bits per heavy atom. The fourth-order valence-electron chi connectivity index (χ4n) is 2.06. The summed E-state index contributed by atoms with van der Waals surface area (Å²) in [6.45, 7) is 0. The van der Waals surface area contributed by atoms with E-state index in [0.717, 1.165) is 10.9 Å². The summed E-state index contributed by atoms with van der Waals surface area (Å²) >= 11 is 0. The van der Waals surface area contributed by atoms with Gasteiger partial charge in [0.2, 0.25) is 5.56 Å². The number of nitrogens with zero attached hydrogens (tertiary/aromatic N) is 2. The molecule has 0 radical (unpaired) electrons. The maximum absolute atomic E-state index is 11.3. The van der Waals surface area contributed by atoms with Gasteiger partial charge in [-0.25, -0.2) is 0 Å². The Morgan fingerprint density at radius 1 is 1.05 bits per heavy atom. The summed E-state index contributed by atoms with van der Waals surface area (Å²) in [6.07, 6.45) is 1.59. The highest BCUT2D eigenvalue weighted by molar-refractivity contribution is 5.92. The van der Waals surface area contributed by atoms with Gasteiger partial charge >= 0.3 is 0 Å². The van der Waals surface area contributed by atoms with Crippen molar-refractivity contribution in [2.24, 2.45) is 0 Å². The molecule has 3 aromatic rings. The van der Waals surface area contributed by atoms with Crippen LogP contribution in [0, 0.1) is 10.1 Å². The summed E-state index contributed by atoms with van der Waals surface area (Å²) in [5, 5.41) is 11.4. The number of non-ortho nitro benzene ring substituents is 1. The molecule has 0 spiro atoms. The molecule has 0 aliphatic rings. The monoisotopic (exact) mass is 267 g/mol. The molecule has 98 valence electrons. The van der Waals surface area contributed by atoms with Crippen molar-refractivity contribution in [1.29, 1.82) is 0 Å². The second-order valence-corrected chi connectivity index (χ2v) is 4.25. The first-order valence-corrected chi connectivity index (χ1v) is 5.88. The minimum Gasteiger partial charge on any atom is -0.322 e. The van der Waals surface area contributed by atoms with E-state index >= 15 is 0 Å². The van der Waals surface area contributed by atoms with E-state index in [4.69, 9.17) is 0 Å². The van der Waals surface area contributed by atoms with Gasteiger partial charge in [-0.1, -0.05) is 0 Å². The minimum absolute atomic E-state index is 0.0300. The number of nitrogens with one attached hydrogen (secondary N) is 1. The minimum atomic E-state index is -0.447. The van der Waals surface area contributed by atoms with Crippen LogP contribution in [0.5, 0.6) is 0 Å². The summed E-state index contributed by atoms with van der Waals surface area (Å²) in [4.78, 5) is 28.5. The van der Waals surface area contributed by atoms with Gasteiger partial charge in [-0.15, -0.1) is 0 Å². The third-order valence-electron chi connectivity index (χ3n) is 3.00. The lowest BCUT2D eigenvalue weighted by molar-refractivity contribution is -0.384. The van der Waals surface area contributed by atoms with Gasteiger partial charge < -0.3 is 4.98 Å². The van der Waals surface area contributed by atoms with Crippen molar-refractivity contribution in [2.45, 2.75) is 0 Å². The normalized spacial score (nSPS) is 10.6. The number of aromatic amines is 1. The summed E-state index contributed by atoms with van der Waals surface area (Å²) in [5.41, 5.74) is 1.96. The van der Waals surface area contributed by atoms with Crippen LogP contribution < -0.4 is 5.56 Å². The van der Waals surface area contributed by atoms with E-state index < -0.39 is 4.92 Å². The molecule has 0 amide bonds. The molecule has 0 atom stereocenters. The second kappa shape index (κ2) is 4.58. The van der Waals surface area contributed by atoms with E-state index in [-0.39, 0.29) is 11.2 Å². The molecule has 0 fully saturated rings. The van der Waals surface area contributed by atoms with Gasteiger partial charge in [-0.2, -0.15) is 0 Å². The number of fused-ring (bicyclic) bond motifs is 1. The maximum Gasteiger partial charge on any atom is 0.269 e. The third-order valence-corrected chi connectivity index (χ3v) is 3.00. The molecule has 1 aromatic carbocycles. The Labute approximate surface area is 112 Å². The van der Waals surface area contributed by atoms with Crippen LogP contribution in [0.3, 0.4) is 0 Å². The predicted molar refractivity (Wildman–Crippen MR) is 74.5 cm³/mol. The van der Waals surface area contributed by atoms with Crippen LogP contribution in [-0.4, -0.2) is 14.9 Å². The van der Waals surface area contributed by atoms with E-state index in [2.05, 4.69) is 9.97 Å². The topological polar surface area (TPSA) is 88.9 Å². The quantitative estimate of drug-likeness (QED) is 0.570. The van der Waals surface area contributed by atoms with Gasteiger partial charge in [-0.05, 0) is 24.3 Å². The Morgan fingerprint density at radius 3 is 2.50 bits per heavy atom. The summed E-state index contributed by atoms with van der Waals surface area (Å²) in [6, 6.07) is 11.0. The van der Waals surface area contributed by atoms with Crippen LogP contribution in [-0.2, 0) is 0 Å². The highest BCUT2D eigenvalue weighted by atomic mass is 16.6. The zero-order valence-electron chi connectivity index (χ0n) is 10.2. The molecule has 0 aliphatic heterocycles. The van der Waals surface area contributed by atoms with Gasteiger partial charge in [0.25, 0.3) is 5.69 Å². The highest BCUT2D eigenvalue weighted by Gasteiger charge is 2.09. The lowest BCUT2D eigenvalue weighted by Crippen LogP contribution is -2.03. The molecule has 0 aliphatic carbocycles. The molecular weight excluding hydrogens is 258 g/mol. The number of hydrogen-bond acceptors (Lipinski definition) is 4. The van der Waals surface area contributed by atoms with Crippen molar-refractivity contribution in [1.82, 2.24) is 9.97 Å².